The van der Waals surface area contributed by atoms with Crippen molar-refractivity contribution in [2.75, 3.05) is 18.5 Å². The predicted octanol–water partition coefficient (Wildman–Crippen LogP) is 0.794. The average Bonchev–Trinajstić information content (AvgIpc) is 2.37. The maximum atomic E-state index is 3.69. The molecule has 0 N–H and O–H groups in total. The van der Waals surface area contributed by atoms with Gasteiger partial charge in [0.2, 0.25) is 0 Å². The Morgan fingerprint density at radius 2 is 2.56 bits per heavy atom. The summed E-state index contributed by atoms with van der Waals surface area (Å²) in [6.07, 6.45) is 2.77. The molecule has 0 saturated carbocycles. The molecule has 1 aromatic heterocycles. The van der Waals surface area contributed by atoms with Gasteiger partial charge in [-0.1, -0.05) is 4.49 Å². The third-order valence-corrected chi connectivity index (χ3v) is 1.87. The Bertz CT molecular complexity index is 161. The second-order valence-corrected chi connectivity index (χ2v) is 2.44. The minimum absolute atomic E-state index is 0.973. The van der Waals surface area contributed by atoms with Crippen molar-refractivity contribution in [1.29, 1.82) is 0 Å². The zero-order valence-electron chi connectivity index (χ0n) is 5.46. The molecule has 1 radical (unpaired) electrons. The van der Waals surface area contributed by atoms with E-state index in [2.05, 4.69) is 22.7 Å². The van der Waals surface area contributed by atoms with Crippen LogP contribution < -0.4 is 4.90 Å². The van der Waals surface area contributed by atoms with Crippen molar-refractivity contribution in [1.82, 2.24) is 9.59 Å². The molecular weight excluding hydrogens is 134 g/mol. The van der Waals surface area contributed by atoms with Crippen molar-refractivity contribution in [2.24, 2.45) is 0 Å². The molecule has 0 bridgehead atoms. The summed E-state index contributed by atoms with van der Waals surface area (Å²) < 4.78 is 3.69. The minimum atomic E-state index is 0.973. The summed E-state index contributed by atoms with van der Waals surface area (Å²) in [5.74, 6) is 0. The molecule has 1 aromatic rings. The van der Waals surface area contributed by atoms with E-state index in [0.717, 1.165) is 11.5 Å². The van der Waals surface area contributed by atoms with E-state index in [1.54, 1.807) is 0 Å². The van der Waals surface area contributed by atoms with Gasteiger partial charge in [-0.3, -0.25) is 0 Å². The molecule has 49 valence electrons. The highest BCUT2D eigenvalue weighted by Crippen LogP contribution is 2.12. The normalized spacial score (nSPS) is 9.56. The smallest absolute Gasteiger partial charge is 0.153 e. The largest absolute Gasteiger partial charge is 0.364 e. The van der Waals surface area contributed by atoms with Gasteiger partial charge in [-0.15, -0.1) is 5.10 Å². The van der Waals surface area contributed by atoms with E-state index in [9.17, 15) is 0 Å². The van der Waals surface area contributed by atoms with Crippen LogP contribution in [0.25, 0.3) is 0 Å². The van der Waals surface area contributed by atoms with Crippen LogP contribution in [0.15, 0.2) is 0 Å². The SMILES string of the molecule is CCN(C)c1[c]nns1. The van der Waals surface area contributed by atoms with Crippen LogP contribution in [0.5, 0.6) is 0 Å². The Morgan fingerprint density at radius 1 is 1.78 bits per heavy atom. The summed E-state index contributed by atoms with van der Waals surface area (Å²) in [5, 5.41) is 4.59. The summed E-state index contributed by atoms with van der Waals surface area (Å²) in [7, 11) is 1.99. The Hall–Kier alpha value is -0.640. The van der Waals surface area contributed by atoms with Crippen molar-refractivity contribution >= 4 is 16.5 Å². The van der Waals surface area contributed by atoms with E-state index in [1.807, 2.05) is 11.9 Å². The van der Waals surface area contributed by atoms with Crippen molar-refractivity contribution in [3.63, 3.8) is 0 Å². The van der Waals surface area contributed by atoms with Gasteiger partial charge < -0.3 is 4.90 Å². The van der Waals surface area contributed by atoms with Crippen LogP contribution in [0.4, 0.5) is 5.00 Å². The maximum Gasteiger partial charge on any atom is 0.153 e. The predicted molar refractivity (Wildman–Crippen MR) is 37.7 cm³/mol. The zero-order valence-corrected chi connectivity index (χ0v) is 6.27. The average molecular weight is 142 g/mol. The first-order valence-corrected chi connectivity index (χ1v) is 3.53. The maximum absolute atomic E-state index is 3.69. The Labute approximate surface area is 58.5 Å². The summed E-state index contributed by atoms with van der Waals surface area (Å²) in [6.45, 7) is 3.05. The van der Waals surface area contributed by atoms with E-state index >= 15 is 0 Å². The minimum Gasteiger partial charge on any atom is -0.364 e. The molecule has 4 heteroatoms. The van der Waals surface area contributed by atoms with E-state index in [1.165, 1.54) is 11.5 Å². The van der Waals surface area contributed by atoms with Crippen LogP contribution in [0.2, 0.25) is 0 Å². The van der Waals surface area contributed by atoms with E-state index in [-0.39, 0.29) is 0 Å². The van der Waals surface area contributed by atoms with Gasteiger partial charge in [0, 0.05) is 25.1 Å². The summed E-state index contributed by atoms with van der Waals surface area (Å²) in [4.78, 5) is 2.05. The van der Waals surface area contributed by atoms with Gasteiger partial charge in [-0.25, -0.2) is 0 Å². The Kier molecular flexibility index (Phi) is 2.00. The lowest BCUT2D eigenvalue weighted by atomic mass is 10.6. The van der Waals surface area contributed by atoms with Gasteiger partial charge >= 0.3 is 0 Å². The van der Waals surface area contributed by atoms with E-state index in [4.69, 9.17) is 0 Å². The summed E-state index contributed by atoms with van der Waals surface area (Å²) in [5.41, 5.74) is 0. The molecule has 0 spiro atoms. The monoisotopic (exact) mass is 142 g/mol. The fourth-order valence-corrected chi connectivity index (χ4v) is 0.950. The first-order valence-electron chi connectivity index (χ1n) is 2.75. The molecule has 0 amide bonds. The number of hydrogen-bond donors (Lipinski definition) is 0. The van der Waals surface area contributed by atoms with Gasteiger partial charge in [-0.2, -0.15) is 0 Å². The first-order chi connectivity index (χ1) is 4.34. The highest BCUT2D eigenvalue weighted by atomic mass is 32.1. The van der Waals surface area contributed by atoms with Gasteiger partial charge in [0.05, 0.1) is 0 Å². The Morgan fingerprint density at radius 3 is 3.00 bits per heavy atom. The molecule has 0 aliphatic rings. The third kappa shape index (κ3) is 1.38. The van der Waals surface area contributed by atoms with Crippen LogP contribution in [0.1, 0.15) is 6.92 Å². The van der Waals surface area contributed by atoms with E-state index < -0.39 is 0 Å². The van der Waals surface area contributed by atoms with Crippen molar-refractivity contribution in [3.05, 3.63) is 6.20 Å². The van der Waals surface area contributed by atoms with Gasteiger partial charge in [-0.05, 0) is 6.92 Å². The quantitative estimate of drug-likeness (QED) is 0.611. The number of hydrogen-bond acceptors (Lipinski definition) is 4. The van der Waals surface area contributed by atoms with Gasteiger partial charge in [0.15, 0.2) is 6.20 Å². The highest BCUT2D eigenvalue weighted by molar-refractivity contribution is 7.09. The molecule has 3 nitrogen and oxygen atoms in total. The highest BCUT2D eigenvalue weighted by Gasteiger charge is 1.98. The number of nitrogens with zero attached hydrogens (tertiary/aromatic N) is 3. The van der Waals surface area contributed by atoms with Gasteiger partial charge in [0.1, 0.15) is 5.00 Å². The van der Waals surface area contributed by atoms with Crippen LogP contribution in [0.3, 0.4) is 0 Å². The fourth-order valence-electron chi connectivity index (χ4n) is 0.441. The van der Waals surface area contributed by atoms with Crippen molar-refractivity contribution < 1.29 is 0 Å². The zero-order chi connectivity index (χ0) is 6.69. The number of aromatic nitrogens is 2. The second kappa shape index (κ2) is 2.77. The molecule has 0 unspecified atom stereocenters. The lowest BCUT2D eigenvalue weighted by Gasteiger charge is -2.10. The number of anilines is 1. The van der Waals surface area contributed by atoms with Crippen LogP contribution in [-0.2, 0) is 0 Å². The molecule has 0 aromatic carbocycles. The topological polar surface area (TPSA) is 29.0 Å². The molecule has 0 fully saturated rings. The Balaban J connectivity index is 2.65. The molecule has 1 rings (SSSR count). The molecule has 0 atom stereocenters. The molecule has 0 aliphatic heterocycles. The van der Waals surface area contributed by atoms with Crippen LogP contribution >= 0.6 is 11.5 Å². The van der Waals surface area contributed by atoms with Crippen LogP contribution in [-0.4, -0.2) is 23.2 Å². The molecule has 1 heterocycles. The lowest BCUT2D eigenvalue weighted by molar-refractivity contribution is 0.975. The molecule has 0 aliphatic carbocycles. The third-order valence-electron chi connectivity index (χ3n) is 1.13. The molecule has 9 heavy (non-hydrogen) atoms. The summed E-state index contributed by atoms with van der Waals surface area (Å²) in [6, 6.07) is 0. The summed E-state index contributed by atoms with van der Waals surface area (Å²) >= 11 is 1.36. The molecule has 0 saturated heterocycles. The van der Waals surface area contributed by atoms with Crippen LogP contribution in [0, 0.1) is 6.20 Å². The standard InChI is InChI=1S/C5H8N3S/c1-3-8(2)5-4-6-7-9-5/h3H2,1-2H3. The van der Waals surface area contributed by atoms with Gasteiger partial charge in [0.25, 0.3) is 0 Å². The number of rotatable bonds is 2. The molecular formula is C5H8N3S. The first kappa shape index (κ1) is 6.48. The fraction of sp³-hybridized carbons (Fsp3) is 0.600. The van der Waals surface area contributed by atoms with Crippen molar-refractivity contribution in [3.8, 4) is 0 Å². The van der Waals surface area contributed by atoms with Crippen molar-refractivity contribution in [2.45, 2.75) is 6.92 Å². The van der Waals surface area contributed by atoms with E-state index in [0.29, 0.717) is 0 Å². The second-order valence-electron chi connectivity index (χ2n) is 1.70. The lowest BCUT2D eigenvalue weighted by Crippen LogP contribution is -2.13.